The Kier molecular flexibility index (Phi) is 8.10. The second-order valence-electron chi connectivity index (χ2n) is 9.75. The van der Waals surface area contributed by atoms with Crippen molar-refractivity contribution in [2.24, 2.45) is 5.92 Å². The lowest BCUT2D eigenvalue weighted by Crippen LogP contribution is -2.53. The molecule has 2 saturated heterocycles. The number of hydrogen-bond donors (Lipinski definition) is 0. The molecule has 36 heavy (non-hydrogen) atoms. The summed E-state index contributed by atoms with van der Waals surface area (Å²) in [4.78, 5) is 17.7. The molecule has 2 aliphatic heterocycles. The summed E-state index contributed by atoms with van der Waals surface area (Å²) in [5.41, 5.74) is 1.96. The number of piperidine rings is 1. The topological polar surface area (TPSA) is 79.4 Å². The first-order valence-electron chi connectivity index (χ1n) is 12.6. The number of anilines is 1. The molecule has 0 spiro atoms. The number of carbonyl (C=O) groups excluding carboxylic acids is 1. The Morgan fingerprint density at radius 1 is 0.944 bits per heavy atom. The number of hydrogen-bond acceptors (Lipinski definition) is 6. The molecule has 0 aromatic heterocycles. The summed E-state index contributed by atoms with van der Waals surface area (Å²) in [6.45, 7) is 7.28. The molecule has 0 radical (unpaired) electrons. The van der Waals surface area contributed by atoms with E-state index in [2.05, 4.69) is 4.90 Å². The standard InChI is InChI=1S/C27H37N3O5S/c1-20(2)21-11-12-25(35-4)26(18-21)36(32,33)30-13-7-8-22(19-30)27(31)29-16-14-28(15-17-29)23-9-5-6-10-24(23)34-3/h5-6,9-12,18,20,22H,7-8,13-17,19H2,1-4H3/t22-/m1/s1. The Morgan fingerprint density at radius 3 is 2.31 bits per heavy atom. The maximum absolute atomic E-state index is 13.6. The zero-order valence-corrected chi connectivity index (χ0v) is 22.5. The number of methoxy groups -OCH3 is 2. The highest BCUT2D eigenvalue weighted by Gasteiger charge is 2.37. The molecule has 0 saturated carbocycles. The number of sulfonamides is 1. The van der Waals surface area contributed by atoms with Crippen LogP contribution < -0.4 is 14.4 Å². The van der Waals surface area contributed by atoms with Crippen LogP contribution >= 0.6 is 0 Å². The van der Waals surface area contributed by atoms with E-state index in [9.17, 15) is 13.2 Å². The van der Waals surface area contributed by atoms with E-state index in [0.717, 1.165) is 17.0 Å². The van der Waals surface area contributed by atoms with Crippen molar-refractivity contribution in [2.45, 2.75) is 37.5 Å². The van der Waals surface area contributed by atoms with Gasteiger partial charge in [0.05, 0.1) is 25.8 Å². The molecule has 0 unspecified atom stereocenters. The van der Waals surface area contributed by atoms with E-state index in [1.807, 2.05) is 49.1 Å². The van der Waals surface area contributed by atoms with Crippen LogP contribution in [-0.2, 0) is 14.8 Å². The van der Waals surface area contributed by atoms with Crippen molar-refractivity contribution >= 4 is 21.6 Å². The number of nitrogens with zero attached hydrogens (tertiary/aromatic N) is 3. The smallest absolute Gasteiger partial charge is 0.246 e. The van der Waals surface area contributed by atoms with Gasteiger partial charge in [0.15, 0.2) is 0 Å². The van der Waals surface area contributed by atoms with Crippen LogP contribution in [0.15, 0.2) is 47.4 Å². The van der Waals surface area contributed by atoms with Gasteiger partial charge in [-0.3, -0.25) is 4.79 Å². The van der Waals surface area contributed by atoms with Gasteiger partial charge in [-0.2, -0.15) is 4.31 Å². The minimum atomic E-state index is -3.80. The molecule has 2 heterocycles. The fourth-order valence-corrected chi connectivity index (χ4v) is 6.79. The first-order chi connectivity index (χ1) is 17.3. The van der Waals surface area contributed by atoms with Crippen LogP contribution in [0.2, 0.25) is 0 Å². The van der Waals surface area contributed by atoms with Crippen LogP contribution in [0, 0.1) is 5.92 Å². The Bertz CT molecular complexity index is 1180. The first kappa shape index (κ1) is 26.3. The average Bonchev–Trinajstić information content (AvgIpc) is 2.92. The molecule has 2 aromatic carbocycles. The normalized spacial score (nSPS) is 19.4. The average molecular weight is 516 g/mol. The predicted molar refractivity (Wildman–Crippen MR) is 140 cm³/mol. The van der Waals surface area contributed by atoms with E-state index >= 15 is 0 Å². The van der Waals surface area contributed by atoms with Crippen molar-refractivity contribution in [1.29, 1.82) is 0 Å². The minimum absolute atomic E-state index is 0.0393. The van der Waals surface area contributed by atoms with Crippen LogP contribution in [0.1, 0.15) is 38.2 Å². The molecule has 0 bridgehead atoms. The highest BCUT2D eigenvalue weighted by atomic mass is 32.2. The van der Waals surface area contributed by atoms with Gasteiger partial charge < -0.3 is 19.3 Å². The summed E-state index contributed by atoms with van der Waals surface area (Å²) >= 11 is 0. The molecule has 0 N–H and O–H groups in total. The van der Waals surface area contributed by atoms with Gasteiger partial charge in [-0.25, -0.2) is 8.42 Å². The Morgan fingerprint density at radius 2 is 1.64 bits per heavy atom. The summed E-state index contributed by atoms with van der Waals surface area (Å²) in [6.07, 6.45) is 1.35. The highest BCUT2D eigenvalue weighted by Crippen LogP contribution is 2.33. The van der Waals surface area contributed by atoms with Gasteiger partial charge in [0.1, 0.15) is 16.4 Å². The van der Waals surface area contributed by atoms with Gasteiger partial charge in [0.2, 0.25) is 15.9 Å². The molecule has 0 aliphatic carbocycles. The van der Waals surface area contributed by atoms with Gasteiger partial charge in [0, 0.05) is 39.3 Å². The lowest BCUT2D eigenvalue weighted by Gasteiger charge is -2.39. The minimum Gasteiger partial charge on any atom is -0.495 e. The number of benzene rings is 2. The molecule has 9 heteroatoms. The number of carbonyl (C=O) groups is 1. The van der Waals surface area contributed by atoms with Crippen molar-refractivity contribution in [1.82, 2.24) is 9.21 Å². The van der Waals surface area contributed by atoms with E-state index in [1.54, 1.807) is 19.2 Å². The van der Waals surface area contributed by atoms with Crippen molar-refractivity contribution in [3.05, 3.63) is 48.0 Å². The fourth-order valence-electron chi connectivity index (χ4n) is 5.07. The molecular formula is C27H37N3O5S. The van der Waals surface area contributed by atoms with Gasteiger partial charge in [-0.05, 0) is 48.6 Å². The zero-order valence-electron chi connectivity index (χ0n) is 21.6. The van der Waals surface area contributed by atoms with E-state index < -0.39 is 10.0 Å². The second-order valence-corrected chi connectivity index (χ2v) is 11.7. The summed E-state index contributed by atoms with van der Waals surface area (Å²) in [5.74, 6) is 1.04. The Hall–Kier alpha value is -2.78. The largest absolute Gasteiger partial charge is 0.495 e. The third kappa shape index (κ3) is 5.32. The van der Waals surface area contributed by atoms with Gasteiger partial charge in [0.25, 0.3) is 0 Å². The molecule has 1 atom stereocenters. The van der Waals surface area contributed by atoms with Crippen molar-refractivity contribution < 1.29 is 22.7 Å². The van der Waals surface area contributed by atoms with Crippen LogP contribution in [-0.4, -0.2) is 77.0 Å². The second kappa shape index (κ2) is 11.1. The molecule has 8 nitrogen and oxygen atoms in total. The van der Waals surface area contributed by atoms with Crippen LogP contribution in [0.25, 0.3) is 0 Å². The summed E-state index contributed by atoms with van der Waals surface area (Å²) in [5, 5.41) is 0. The quantitative estimate of drug-likeness (QED) is 0.561. The van der Waals surface area contributed by atoms with Gasteiger partial charge in [-0.15, -0.1) is 0 Å². The van der Waals surface area contributed by atoms with E-state index in [4.69, 9.17) is 9.47 Å². The lowest BCUT2D eigenvalue weighted by atomic mass is 9.97. The third-order valence-corrected chi connectivity index (χ3v) is 9.11. The molecular weight excluding hydrogens is 478 g/mol. The predicted octanol–water partition coefficient (Wildman–Crippen LogP) is 3.58. The van der Waals surface area contributed by atoms with Crippen LogP contribution in [0.5, 0.6) is 11.5 Å². The maximum Gasteiger partial charge on any atom is 0.246 e. The molecule has 2 aromatic rings. The number of para-hydroxylation sites is 2. The number of amides is 1. The lowest BCUT2D eigenvalue weighted by molar-refractivity contribution is -0.137. The third-order valence-electron chi connectivity index (χ3n) is 7.22. The number of ether oxygens (including phenoxy) is 2. The van der Waals surface area contributed by atoms with Gasteiger partial charge >= 0.3 is 0 Å². The number of piperazine rings is 1. The first-order valence-corrected chi connectivity index (χ1v) is 14.0. The zero-order chi connectivity index (χ0) is 25.9. The van der Waals surface area contributed by atoms with Crippen LogP contribution in [0.3, 0.4) is 0 Å². The fraction of sp³-hybridized carbons (Fsp3) is 0.519. The Balaban J connectivity index is 1.45. The molecule has 2 fully saturated rings. The van der Waals surface area contributed by atoms with E-state index in [-0.39, 0.29) is 29.2 Å². The summed E-state index contributed by atoms with van der Waals surface area (Å²) < 4.78 is 39.6. The van der Waals surface area contributed by atoms with Crippen molar-refractivity contribution in [2.75, 3.05) is 58.4 Å². The monoisotopic (exact) mass is 515 g/mol. The van der Waals surface area contributed by atoms with E-state index in [1.165, 1.54) is 11.4 Å². The van der Waals surface area contributed by atoms with Crippen LogP contribution in [0.4, 0.5) is 5.69 Å². The van der Waals surface area contributed by atoms with Gasteiger partial charge in [-0.1, -0.05) is 32.0 Å². The molecule has 2 aliphatic rings. The summed E-state index contributed by atoms with van der Waals surface area (Å²) in [7, 11) is -0.649. The summed E-state index contributed by atoms with van der Waals surface area (Å²) in [6, 6.07) is 13.2. The molecule has 1 amide bonds. The molecule has 4 rings (SSSR count). The van der Waals surface area contributed by atoms with E-state index in [0.29, 0.717) is 51.3 Å². The van der Waals surface area contributed by atoms with Crippen molar-refractivity contribution in [3.8, 4) is 11.5 Å². The maximum atomic E-state index is 13.6. The van der Waals surface area contributed by atoms with Crippen molar-refractivity contribution in [3.63, 3.8) is 0 Å². The molecule has 196 valence electrons. The number of rotatable bonds is 7. The SMILES string of the molecule is COc1ccccc1N1CCN(C(=O)[C@@H]2CCCN(S(=O)(=O)c3cc(C(C)C)ccc3OC)C2)CC1. The Labute approximate surface area is 214 Å². The highest BCUT2D eigenvalue weighted by molar-refractivity contribution is 7.89.